The molecule has 2 fully saturated rings. The molecule has 1 amide bonds. The predicted molar refractivity (Wildman–Crippen MR) is 123 cm³/mol. The molecule has 0 radical (unpaired) electrons. The summed E-state index contributed by atoms with van der Waals surface area (Å²) in [5, 5.41) is 6.40. The van der Waals surface area contributed by atoms with Crippen molar-refractivity contribution in [2.75, 3.05) is 31.0 Å². The van der Waals surface area contributed by atoms with Crippen molar-refractivity contribution in [3.8, 4) is 0 Å². The van der Waals surface area contributed by atoms with Gasteiger partial charge in [0.2, 0.25) is 5.91 Å². The van der Waals surface area contributed by atoms with E-state index in [4.69, 9.17) is 9.47 Å². The van der Waals surface area contributed by atoms with Crippen LogP contribution in [0.1, 0.15) is 36.2 Å². The maximum Gasteiger partial charge on any atom is 0.337 e. The number of carbonyl (C=O) groups excluding carboxylic acids is 2. The van der Waals surface area contributed by atoms with Crippen LogP contribution in [0.25, 0.3) is 0 Å². The molecular weight excluding hydrogens is 479 g/mol. The van der Waals surface area contributed by atoms with Crippen LogP contribution < -0.4 is 10.6 Å². The molecule has 1 saturated heterocycles. The number of amides is 1. The molecule has 0 aromatic heterocycles. The van der Waals surface area contributed by atoms with Crippen molar-refractivity contribution >= 4 is 39.2 Å². The second-order valence-corrected chi connectivity index (χ2v) is 10.0. The Morgan fingerprint density at radius 3 is 2.62 bits per heavy atom. The molecule has 2 atom stereocenters. The molecule has 170 valence electrons. The monoisotopic (exact) mass is 504 g/mol. The number of halogens is 2. The van der Waals surface area contributed by atoms with E-state index >= 15 is 0 Å². The molecule has 6 nitrogen and oxygen atoms in total. The van der Waals surface area contributed by atoms with Gasteiger partial charge in [0, 0.05) is 11.5 Å². The number of hydrogen-bond donors (Lipinski definition) is 2. The van der Waals surface area contributed by atoms with Crippen LogP contribution in [0.3, 0.4) is 0 Å². The van der Waals surface area contributed by atoms with Crippen molar-refractivity contribution in [3.05, 3.63) is 57.8 Å². The van der Waals surface area contributed by atoms with Crippen LogP contribution >= 0.6 is 15.9 Å². The molecule has 0 bridgehead atoms. The number of anilines is 2. The Balaban J connectivity index is 1.54. The third kappa shape index (κ3) is 4.26. The van der Waals surface area contributed by atoms with Crippen molar-refractivity contribution in [2.45, 2.75) is 32.7 Å². The Labute approximate surface area is 195 Å². The summed E-state index contributed by atoms with van der Waals surface area (Å²) >= 11 is 3.11. The van der Waals surface area contributed by atoms with Gasteiger partial charge in [0.25, 0.3) is 0 Å². The molecule has 1 spiro atoms. The molecule has 1 saturated carbocycles. The SMILES string of the molecule is COC(=O)c1ccc(NC(=O)Cc2ccc(Br)c(F)c2)c(NC2CC23COCC3(C)C)c1. The molecule has 2 aromatic rings. The highest BCUT2D eigenvalue weighted by Gasteiger charge is 2.66. The molecule has 2 unspecified atom stereocenters. The minimum absolute atomic E-state index is 0.0244. The van der Waals surface area contributed by atoms with Gasteiger partial charge in [-0.2, -0.15) is 0 Å². The van der Waals surface area contributed by atoms with Crippen molar-refractivity contribution in [2.24, 2.45) is 10.8 Å². The third-order valence-electron chi connectivity index (χ3n) is 6.64. The standard InChI is InChI=1S/C24H26BrFN2O4/c1-23(2)12-32-13-24(23)11-20(24)27-19-10-15(22(30)31-3)5-7-18(19)28-21(29)9-14-4-6-16(25)17(26)8-14/h4-8,10,20,27H,9,11-13H2,1-3H3,(H,28,29). The largest absolute Gasteiger partial charge is 0.465 e. The topological polar surface area (TPSA) is 76.7 Å². The number of methoxy groups -OCH3 is 1. The summed E-state index contributed by atoms with van der Waals surface area (Å²) in [7, 11) is 1.33. The zero-order chi connectivity index (χ0) is 23.1. The van der Waals surface area contributed by atoms with E-state index < -0.39 is 11.8 Å². The number of esters is 1. The van der Waals surface area contributed by atoms with E-state index in [1.807, 2.05) is 0 Å². The summed E-state index contributed by atoms with van der Waals surface area (Å²) in [5.74, 6) is -1.15. The Kier molecular flexibility index (Phi) is 6.02. The first-order valence-electron chi connectivity index (χ1n) is 10.5. The van der Waals surface area contributed by atoms with Crippen molar-refractivity contribution in [1.82, 2.24) is 0 Å². The first-order valence-corrected chi connectivity index (χ1v) is 11.2. The Morgan fingerprint density at radius 1 is 1.19 bits per heavy atom. The molecule has 2 N–H and O–H groups in total. The number of ether oxygens (including phenoxy) is 2. The van der Waals surface area contributed by atoms with E-state index in [9.17, 15) is 14.0 Å². The molecular formula is C24H26BrFN2O4. The van der Waals surface area contributed by atoms with Crippen molar-refractivity contribution < 1.29 is 23.5 Å². The van der Waals surface area contributed by atoms with Gasteiger partial charge in [0.05, 0.1) is 48.2 Å². The van der Waals surface area contributed by atoms with Crippen LogP contribution in [0.15, 0.2) is 40.9 Å². The van der Waals surface area contributed by atoms with E-state index in [-0.39, 0.29) is 29.2 Å². The van der Waals surface area contributed by atoms with E-state index in [1.165, 1.54) is 13.2 Å². The molecule has 32 heavy (non-hydrogen) atoms. The first-order chi connectivity index (χ1) is 15.1. The van der Waals surface area contributed by atoms with Gasteiger partial charge in [-0.25, -0.2) is 9.18 Å². The average molecular weight is 505 g/mol. The molecule has 2 aromatic carbocycles. The fourth-order valence-corrected chi connectivity index (χ4v) is 4.71. The lowest BCUT2D eigenvalue weighted by Gasteiger charge is -2.26. The number of benzene rings is 2. The molecule has 2 aliphatic rings. The predicted octanol–water partition coefficient (Wildman–Crippen LogP) is 4.78. The van der Waals surface area contributed by atoms with Crippen LogP contribution in [-0.2, 0) is 20.7 Å². The van der Waals surface area contributed by atoms with Crippen LogP contribution in [0.4, 0.5) is 15.8 Å². The lowest BCUT2D eigenvalue weighted by molar-refractivity contribution is -0.115. The smallest absolute Gasteiger partial charge is 0.337 e. The third-order valence-corrected chi connectivity index (χ3v) is 7.28. The highest BCUT2D eigenvalue weighted by atomic mass is 79.9. The lowest BCUT2D eigenvalue weighted by Crippen LogP contribution is -2.29. The summed E-state index contributed by atoms with van der Waals surface area (Å²) in [6.45, 7) is 5.80. The zero-order valence-electron chi connectivity index (χ0n) is 18.3. The molecule has 1 aliphatic heterocycles. The van der Waals surface area contributed by atoms with Gasteiger partial charge >= 0.3 is 5.97 Å². The molecule has 4 rings (SSSR count). The molecule has 8 heteroatoms. The van der Waals surface area contributed by atoms with Crippen molar-refractivity contribution in [3.63, 3.8) is 0 Å². The summed E-state index contributed by atoms with van der Waals surface area (Å²) in [6.07, 6.45) is 0.977. The van der Waals surface area contributed by atoms with Crippen LogP contribution in [0, 0.1) is 16.6 Å². The van der Waals surface area contributed by atoms with Gasteiger partial charge in [-0.15, -0.1) is 0 Å². The summed E-state index contributed by atoms with van der Waals surface area (Å²) in [4.78, 5) is 24.7. The number of nitrogens with one attached hydrogen (secondary N) is 2. The van der Waals surface area contributed by atoms with Gasteiger partial charge in [-0.3, -0.25) is 4.79 Å². The Bertz CT molecular complexity index is 1070. The zero-order valence-corrected chi connectivity index (χ0v) is 19.8. The average Bonchev–Trinajstić information content (AvgIpc) is 3.36. The Morgan fingerprint density at radius 2 is 1.97 bits per heavy atom. The normalized spacial score (nSPS) is 23.1. The molecule has 1 heterocycles. The Hall–Kier alpha value is -2.45. The highest BCUT2D eigenvalue weighted by molar-refractivity contribution is 9.10. The number of carbonyl (C=O) groups is 2. The van der Waals surface area contributed by atoms with E-state index in [2.05, 4.69) is 40.4 Å². The quantitative estimate of drug-likeness (QED) is 0.553. The summed E-state index contributed by atoms with van der Waals surface area (Å²) < 4.78 is 24.7. The summed E-state index contributed by atoms with van der Waals surface area (Å²) in [5.41, 5.74) is 2.23. The van der Waals surface area contributed by atoms with E-state index in [0.29, 0.717) is 40.2 Å². The fraction of sp³-hybridized carbons (Fsp3) is 0.417. The maximum atomic E-state index is 13.8. The van der Waals surface area contributed by atoms with E-state index in [0.717, 1.165) is 6.42 Å². The minimum atomic E-state index is -0.452. The van der Waals surface area contributed by atoms with Crippen LogP contribution in [-0.4, -0.2) is 38.2 Å². The number of hydrogen-bond acceptors (Lipinski definition) is 5. The van der Waals surface area contributed by atoms with Crippen LogP contribution in [0.2, 0.25) is 0 Å². The fourth-order valence-electron chi connectivity index (χ4n) is 4.46. The maximum absolute atomic E-state index is 13.8. The lowest BCUT2D eigenvalue weighted by atomic mass is 9.78. The number of rotatable bonds is 6. The van der Waals surface area contributed by atoms with Gasteiger partial charge < -0.3 is 20.1 Å². The van der Waals surface area contributed by atoms with Crippen molar-refractivity contribution in [1.29, 1.82) is 0 Å². The first kappa shape index (κ1) is 22.7. The minimum Gasteiger partial charge on any atom is -0.465 e. The van der Waals surface area contributed by atoms with Crippen LogP contribution in [0.5, 0.6) is 0 Å². The second kappa shape index (κ2) is 8.48. The highest BCUT2D eigenvalue weighted by Crippen LogP contribution is 2.63. The second-order valence-electron chi connectivity index (χ2n) is 9.16. The molecule has 1 aliphatic carbocycles. The summed E-state index contributed by atoms with van der Waals surface area (Å²) in [6, 6.07) is 9.76. The van der Waals surface area contributed by atoms with Gasteiger partial charge in [0.1, 0.15) is 5.82 Å². The van der Waals surface area contributed by atoms with E-state index in [1.54, 1.807) is 30.3 Å². The van der Waals surface area contributed by atoms with Gasteiger partial charge in [0.15, 0.2) is 0 Å². The van der Waals surface area contributed by atoms with Gasteiger partial charge in [-0.05, 0) is 63.7 Å². The van der Waals surface area contributed by atoms with Gasteiger partial charge in [-0.1, -0.05) is 19.9 Å².